The van der Waals surface area contributed by atoms with Gasteiger partial charge in [-0.15, -0.1) is 0 Å². The van der Waals surface area contributed by atoms with Gasteiger partial charge in [-0.05, 0) is 20.3 Å². The Balaban J connectivity index is 2.10. The molecule has 1 unspecified atom stereocenters. The van der Waals surface area contributed by atoms with Gasteiger partial charge in [-0.3, -0.25) is 4.79 Å². The second-order valence-electron chi connectivity index (χ2n) is 4.77. The molecule has 6 nitrogen and oxygen atoms in total. The lowest BCUT2D eigenvalue weighted by atomic mass is 9.92. The number of hydrogen-bond donors (Lipinski definition) is 1. The first kappa shape index (κ1) is 12.2. The Kier molecular flexibility index (Phi) is 3.26. The van der Waals surface area contributed by atoms with Crippen molar-refractivity contribution in [1.29, 1.82) is 0 Å². The maximum Gasteiger partial charge on any atom is 0.162 e. The predicted molar refractivity (Wildman–Crippen MR) is 61.5 cm³/mol. The molecule has 0 amide bonds. The van der Waals surface area contributed by atoms with Crippen molar-refractivity contribution in [2.45, 2.75) is 38.3 Å². The lowest BCUT2D eigenvalue weighted by molar-refractivity contribution is -0.123. The highest BCUT2D eigenvalue weighted by Gasteiger charge is 2.38. The second-order valence-corrected chi connectivity index (χ2v) is 4.77. The van der Waals surface area contributed by atoms with E-state index in [1.165, 1.54) is 6.33 Å². The highest BCUT2D eigenvalue weighted by Crippen LogP contribution is 2.19. The minimum Gasteiger partial charge on any atom is -0.379 e. The van der Waals surface area contributed by atoms with E-state index < -0.39 is 5.54 Å². The molecule has 0 aliphatic carbocycles. The summed E-state index contributed by atoms with van der Waals surface area (Å²) in [4.78, 5) is 16.2. The van der Waals surface area contributed by atoms with Crippen LogP contribution >= 0.6 is 0 Å². The highest BCUT2D eigenvalue weighted by atomic mass is 16.5. The fraction of sp³-hybridized carbons (Fsp3) is 0.727. The molecule has 1 aliphatic rings. The molecule has 17 heavy (non-hydrogen) atoms. The van der Waals surface area contributed by atoms with Crippen LogP contribution < -0.4 is 5.73 Å². The van der Waals surface area contributed by atoms with E-state index in [0.717, 1.165) is 0 Å². The van der Waals surface area contributed by atoms with Gasteiger partial charge in [0.2, 0.25) is 0 Å². The van der Waals surface area contributed by atoms with Crippen LogP contribution in [-0.4, -0.2) is 39.3 Å². The summed E-state index contributed by atoms with van der Waals surface area (Å²) >= 11 is 0. The van der Waals surface area contributed by atoms with Crippen molar-refractivity contribution in [3.8, 4) is 0 Å². The first-order valence-electron chi connectivity index (χ1n) is 5.81. The minimum atomic E-state index is -0.840. The first-order valence-corrected chi connectivity index (χ1v) is 5.81. The average molecular weight is 238 g/mol. The summed E-state index contributed by atoms with van der Waals surface area (Å²) in [6.07, 6.45) is 2.27. The Hall–Kier alpha value is -1.27. The maximum atomic E-state index is 12.1. The normalized spacial score (nSPS) is 24.5. The van der Waals surface area contributed by atoms with Crippen LogP contribution in [0.25, 0.3) is 0 Å². The molecule has 2 N–H and O–H groups in total. The van der Waals surface area contributed by atoms with Gasteiger partial charge in [0, 0.05) is 12.6 Å². The second kappa shape index (κ2) is 4.54. The van der Waals surface area contributed by atoms with Crippen LogP contribution in [0.1, 0.15) is 32.1 Å². The molecule has 0 aromatic carbocycles. The summed E-state index contributed by atoms with van der Waals surface area (Å²) in [6, 6.07) is 0.189. The molecule has 1 fully saturated rings. The lowest BCUT2D eigenvalue weighted by Crippen LogP contribution is -2.49. The largest absolute Gasteiger partial charge is 0.379 e. The van der Waals surface area contributed by atoms with E-state index in [4.69, 9.17) is 10.5 Å². The number of carbonyl (C=O) groups is 1. The Morgan fingerprint density at radius 2 is 2.47 bits per heavy atom. The summed E-state index contributed by atoms with van der Waals surface area (Å²) in [5, 5.41) is 4.10. The van der Waals surface area contributed by atoms with Gasteiger partial charge >= 0.3 is 0 Å². The molecule has 2 heterocycles. The molecule has 1 aromatic heterocycles. The van der Waals surface area contributed by atoms with Crippen LogP contribution in [0, 0.1) is 0 Å². The van der Waals surface area contributed by atoms with Gasteiger partial charge in [0.05, 0.1) is 13.0 Å². The molecule has 1 atom stereocenters. The zero-order valence-electron chi connectivity index (χ0n) is 10.2. The smallest absolute Gasteiger partial charge is 0.162 e. The summed E-state index contributed by atoms with van der Waals surface area (Å²) < 4.78 is 6.94. The van der Waals surface area contributed by atoms with Crippen LogP contribution in [0.4, 0.5) is 0 Å². The van der Waals surface area contributed by atoms with E-state index in [9.17, 15) is 4.79 Å². The molecule has 0 radical (unpaired) electrons. The van der Waals surface area contributed by atoms with E-state index in [1.807, 2.05) is 13.8 Å². The predicted octanol–water partition coefficient (Wildman–Crippen LogP) is 0.0884. The molecular formula is C11H18N4O2. The number of carbonyl (C=O) groups excluding carboxylic acids is 1. The molecule has 0 bridgehead atoms. The monoisotopic (exact) mass is 238 g/mol. The van der Waals surface area contributed by atoms with Crippen molar-refractivity contribution in [2.75, 3.05) is 13.2 Å². The van der Waals surface area contributed by atoms with Gasteiger partial charge in [-0.25, -0.2) is 9.67 Å². The standard InChI is InChI=1S/C11H18N4O2/c1-8(2)15-10(13-7-14-15)5-9(16)11(12)3-4-17-6-11/h7-8H,3-6,12H2,1-2H3. The molecule has 1 saturated heterocycles. The number of Topliss-reactive ketones (excluding diaryl/α,β-unsaturated/α-hetero) is 1. The maximum absolute atomic E-state index is 12.1. The van der Waals surface area contributed by atoms with Crippen LogP contribution in [-0.2, 0) is 16.0 Å². The fourth-order valence-electron chi connectivity index (χ4n) is 1.95. The topological polar surface area (TPSA) is 83.0 Å². The van der Waals surface area contributed by atoms with Crippen LogP contribution in [0.15, 0.2) is 6.33 Å². The fourth-order valence-corrected chi connectivity index (χ4v) is 1.95. The van der Waals surface area contributed by atoms with Gasteiger partial charge in [0.1, 0.15) is 17.7 Å². The van der Waals surface area contributed by atoms with Crippen molar-refractivity contribution in [3.63, 3.8) is 0 Å². The summed E-state index contributed by atoms with van der Waals surface area (Å²) in [7, 11) is 0. The number of nitrogens with zero attached hydrogens (tertiary/aromatic N) is 3. The number of rotatable bonds is 4. The number of aromatic nitrogens is 3. The van der Waals surface area contributed by atoms with Gasteiger partial charge in [-0.1, -0.05) is 0 Å². The molecule has 2 rings (SSSR count). The molecular weight excluding hydrogens is 220 g/mol. The Morgan fingerprint density at radius 1 is 1.71 bits per heavy atom. The van der Waals surface area contributed by atoms with E-state index >= 15 is 0 Å². The van der Waals surface area contributed by atoms with Crippen molar-refractivity contribution in [1.82, 2.24) is 14.8 Å². The van der Waals surface area contributed by atoms with Crippen molar-refractivity contribution in [2.24, 2.45) is 5.73 Å². The number of ether oxygens (including phenoxy) is 1. The molecule has 1 aromatic rings. The summed E-state index contributed by atoms with van der Waals surface area (Å²) in [5.41, 5.74) is 5.17. The Labute approximate surface area is 100 Å². The van der Waals surface area contributed by atoms with Crippen molar-refractivity contribution >= 4 is 5.78 Å². The van der Waals surface area contributed by atoms with Crippen LogP contribution in [0.2, 0.25) is 0 Å². The number of hydrogen-bond acceptors (Lipinski definition) is 5. The number of nitrogens with two attached hydrogens (primary N) is 1. The van der Waals surface area contributed by atoms with Gasteiger partial charge in [0.15, 0.2) is 5.78 Å². The molecule has 1 aliphatic heterocycles. The van der Waals surface area contributed by atoms with Gasteiger partial charge in [0.25, 0.3) is 0 Å². The lowest BCUT2D eigenvalue weighted by Gasteiger charge is -2.20. The number of ketones is 1. The van der Waals surface area contributed by atoms with Crippen LogP contribution in [0.3, 0.4) is 0 Å². The molecule has 6 heteroatoms. The molecule has 0 spiro atoms. The van der Waals surface area contributed by atoms with Crippen molar-refractivity contribution < 1.29 is 9.53 Å². The highest BCUT2D eigenvalue weighted by molar-refractivity contribution is 5.89. The minimum absolute atomic E-state index is 0.0232. The average Bonchev–Trinajstić information content (AvgIpc) is 2.87. The van der Waals surface area contributed by atoms with Crippen molar-refractivity contribution in [3.05, 3.63) is 12.2 Å². The Morgan fingerprint density at radius 3 is 3.06 bits per heavy atom. The first-order chi connectivity index (χ1) is 8.03. The molecule has 0 saturated carbocycles. The zero-order valence-corrected chi connectivity index (χ0v) is 10.2. The molecule has 94 valence electrons. The van der Waals surface area contributed by atoms with Gasteiger partial charge in [-0.2, -0.15) is 5.10 Å². The zero-order chi connectivity index (χ0) is 12.5. The third kappa shape index (κ3) is 2.37. The summed E-state index contributed by atoms with van der Waals surface area (Å²) in [5.74, 6) is 0.645. The Bertz CT molecular complexity index is 407. The van der Waals surface area contributed by atoms with Crippen LogP contribution in [0.5, 0.6) is 0 Å². The summed E-state index contributed by atoms with van der Waals surface area (Å²) in [6.45, 7) is 4.86. The third-order valence-corrected chi connectivity index (χ3v) is 3.06. The quantitative estimate of drug-likeness (QED) is 0.803. The van der Waals surface area contributed by atoms with E-state index in [2.05, 4.69) is 10.1 Å². The van der Waals surface area contributed by atoms with E-state index in [-0.39, 0.29) is 18.2 Å². The van der Waals surface area contributed by atoms with E-state index in [0.29, 0.717) is 25.5 Å². The SMILES string of the molecule is CC(C)n1ncnc1CC(=O)C1(N)CCOC1. The third-order valence-electron chi connectivity index (χ3n) is 3.06. The van der Waals surface area contributed by atoms with Gasteiger partial charge < -0.3 is 10.5 Å². The van der Waals surface area contributed by atoms with E-state index in [1.54, 1.807) is 4.68 Å².